The van der Waals surface area contributed by atoms with E-state index in [0.717, 1.165) is 21.7 Å². The molecule has 5 aromatic carbocycles. The maximum atomic E-state index is 13.8. The van der Waals surface area contributed by atoms with Crippen molar-refractivity contribution < 1.29 is 14.4 Å². The highest BCUT2D eigenvalue weighted by molar-refractivity contribution is 8.00. The van der Waals surface area contributed by atoms with Gasteiger partial charge in [-0.3, -0.25) is 14.4 Å². The fraction of sp³-hybridized carbons (Fsp3) is 0.0256. The monoisotopic (exact) mass is 768 g/mol. The van der Waals surface area contributed by atoms with E-state index in [2.05, 4.69) is 20.9 Å². The van der Waals surface area contributed by atoms with Crippen LogP contribution >= 0.6 is 57.9 Å². The van der Waals surface area contributed by atoms with Gasteiger partial charge in [-0.15, -0.1) is 23.1 Å². The van der Waals surface area contributed by atoms with Gasteiger partial charge in [0.25, 0.3) is 11.8 Å². The second-order valence-corrected chi connectivity index (χ2v) is 14.3. The number of thiazole rings is 1. The molecule has 51 heavy (non-hydrogen) atoms. The van der Waals surface area contributed by atoms with E-state index in [1.807, 2.05) is 53.9 Å². The number of rotatable bonds is 11. The van der Waals surface area contributed by atoms with E-state index in [1.165, 1.54) is 29.2 Å². The fourth-order valence-electron chi connectivity index (χ4n) is 4.85. The number of nitrogens with zero attached hydrogens (tertiary/aromatic N) is 1. The highest BCUT2D eigenvalue weighted by Crippen LogP contribution is 2.38. The topological polar surface area (TPSA) is 100 Å². The van der Waals surface area contributed by atoms with Crippen molar-refractivity contribution in [3.63, 3.8) is 0 Å². The lowest BCUT2D eigenvalue weighted by molar-refractivity contribution is -0.116. The number of hydrogen-bond donors (Lipinski definition) is 3. The third kappa shape index (κ3) is 9.67. The van der Waals surface area contributed by atoms with Gasteiger partial charge >= 0.3 is 0 Å². The standard InChI is InChI=1S/C39H27Cl3N4O3S2/c40-28-17-14-24(15-18-28)34-23-50-39(45-34)46-38(49)35(25-8-3-1-4-9-25)51-31-13-7-12-30(22-31)43-37(48)33(20-27-16-19-29(41)21-32(27)42)44-36(47)26-10-5-2-6-11-26/h1-23,35H,(H,43,48)(H,44,47)(H,45,46,49)/b33-20+. The molecule has 0 saturated carbocycles. The second-order valence-electron chi connectivity index (χ2n) is 11.0. The second kappa shape index (κ2) is 16.9. The molecule has 6 rings (SSSR count). The van der Waals surface area contributed by atoms with E-state index >= 15 is 0 Å². The molecule has 1 heterocycles. The van der Waals surface area contributed by atoms with Crippen LogP contribution in [0.2, 0.25) is 15.1 Å². The summed E-state index contributed by atoms with van der Waals surface area (Å²) in [5.41, 5.74) is 3.68. The third-order valence-corrected chi connectivity index (χ3v) is 10.2. The van der Waals surface area contributed by atoms with E-state index in [4.69, 9.17) is 34.8 Å². The smallest absolute Gasteiger partial charge is 0.272 e. The summed E-state index contributed by atoms with van der Waals surface area (Å²) in [6, 6.07) is 37.3. The van der Waals surface area contributed by atoms with Gasteiger partial charge < -0.3 is 16.0 Å². The SMILES string of the molecule is O=C(Nc1cccc(SC(C(=O)Nc2nc(-c3ccc(Cl)cc3)cs2)c2ccccc2)c1)/C(=C\c1ccc(Cl)cc1Cl)NC(=O)c1ccccc1. The van der Waals surface area contributed by atoms with Gasteiger partial charge in [-0.25, -0.2) is 4.98 Å². The Balaban J connectivity index is 1.22. The molecule has 0 fully saturated rings. The first kappa shape index (κ1) is 35.9. The molecule has 1 atom stereocenters. The molecule has 6 aromatic rings. The molecular weight excluding hydrogens is 743 g/mol. The maximum Gasteiger partial charge on any atom is 0.272 e. The lowest BCUT2D eigenvalue weighted by Gasteiger charge is -2.17. The predicted molar refractivity (Wildman–Crippen MR) is 210 cm³/mol. The molecule has 1 unspecified atom stereocenters. The number of halogens is 3. The molecule has 3 amide bonds. The molecule has 7 nitrogen and oxygen atoms in total. The number of anilines is 2. The first-order chi connectivity index (χ1) is 24.7. The summed E-state index contributed by atoms with van der Waals surface area (Å²) >= 11 is 21.2. The molecule has 254 valence electrons. The number of thioether (sulfide) groups is 1. The molecule has 0 radical (unpaired) electrons. The van der Waals surface area contributed by atoms with Gasteiger partial charge in [-0.2, -0.15) is 0 Å². The zero-order valence-electron chi connectivity index (χ0n) is 26.5. The van der Waals surface area contributed by atoms with Gasteiger partial charge in [0.2, 0.25) is 5.91 Å². The third-order valence-electron chi connectivity index (χ3n) is 7.35. The van der Waals surface area contributed by atoms with E-state index in [9.17, 15) is 14.4 Å². The van der Waals surface area contributed by atoms with Gasteiger partial charge in [0.15, 0.2) is 5.13 Å². The quantitative estimate of drug-likeness (QED) is 0.0900. The minimum Gasteiger partial charge on any atom is -0.321 e. The minimum absolute atomic E-state index is 0.0333. The number of aromatic nitrogens is 1. The van der Waals surface area contributed by atoms with Gasteiger partial charge in [-0.05, 0) is 71.8 Å². The summed E-state index contributed by atoms with van der Waals surface area (Å²) < 4.78 is 0. The number of amides is 3. The van der Waals surface area contributed by atoms with E-state index in [0.29, 0.717) is 37.0 Å². The zero-order valence-corrected chi connectivity index (χ0v) is 30.4. The Bertz CT molecular complexity index is 2210. The lowest BCUT2D eigenvalue weighted by Crippen LogP contribution is -2.30. The Kier molecular flexibility index (Phi) is 11.9. The van der Waals surface area contributed by atoms with Crippen LogP contribution in [0, 0.1) is 0 Å². The summed E-state index contributed by atoms with van der Waals surface area (Å²) in [5.74, 6) is -1.31. The van der Waals surface area contributed by atoms with Crippen LogP contribution in [-0.2, 0) is 9.59 Å². The Morgan fingerprint density at radius 2 is 1.45 bits per heavy atom. The molecule has 0 aliphatic carbocycles. The molecule has 0 spiro atoms. The number of hydrogen-bond acceptors (Lipinski definition) is 6. The van der Waals surface area contributed by atoms with Crippen LogP contribution in [-0.4, -0.2) is 22.7 Å². The van der Waals surface area contributed by atoms with Crippen LogP contribution in [0.15, 0.2) is 143 Å². The largest absolute Gasteiger partial charge is 0.321 e. The van der Waals surface area contributed by atoms with E-state index < -0.39 is 17.1 Å². The minimum atomic E-state index is -0.646. The van der Waals surface area contributed by atoms with Crippen molar-refractivity contribution in [1.29, 1.82) is 0 Å². The number of carbonyl (C=O) groups excluding carboxylic acids is 3. The Labute approximate surface area is 317 Å². The summed E-state index contributed by atoms with van der Waals surface area (Å²) in [5, 5.41) is 11.6. The average Bonchev–Trinajstić information content (AvgIpc) is 3.60. The van der Waals surface area contributed by atoms with Crippen molar-refractivity contribution in [1.82, 2.24) is 10.3 Å². The van der Waals surface area contributed by atoms with Crippen LogP contribution in [0.25, 0.3) is 17.3 Å². The highest BCUT2D eigenvalue weighted by Gasteiger charge is 2.24. The number of benzene rings is 5. The van der Waals surface area contributed by atoms with Crippen molar-refractivity contribution in [2.75, 3.05) is 10.6 Å². The van der Waals surface area contributed by atoms with Crippen molar-refractivity contribution in [3.05, 3.63) is 170 Å². The molecule has 0 saturated heterocycles. The first-order valence-corrected chi connectivity index (χ1v) is 18.3. The normalized spacial score (nSPS) is 11.8. The van der Waals surface area contributed by atoms with E-state index in [-0.39, 0.29) is 11.6 Å². The van der Waals surface area contributed by atoms with Crippen molar-refractivity contribution >= 4 is 92.5 Å². The van der Waals surface area contributed by atoms with Crippen LogP contribution < -0.4 is 16.0 Å². The molecule has 3 N–H and O–H groups in total. The number of nitrogens with one attached hydrogen (secondary N) is 3. The summed E-state index contributed by atoms with van der Waals surface area (Å²) in [6.45, 7) is 0. The summed E-state index contributed by atoms with van der Waals surface area (Å²) in [4.78, 5) is 45.9. The van der Waals surface area contributed by atoms with Crippen LogP contribution in [0.4, 0.5) is 10.8 Å². The Morgan fingerprint density at radius 1 is 0.745 bits per heavy atom. The van der Waals surface area contributed by atoms with Gasteiger partial charge in [0.05, 0.1) is 5.69 Å². The van der Waals surface area contributed by atoms with Crippen molar-refractivity contribution in [3.8, 4) is 11.3 Å². The van der Waals surface area contributed by atoms with Crippen LogP contribution in [0.1, 0.15) is 26.7 Å². The summed E-state index contributed by atoms with van der Waals surface area (Å²) in [6.07, 6.45) is 1.49. The average molecular weight is 770 g/mol. The number of carbonyl (C=O) groups is 3. The molecule has 0 aliphatic rings. The zero-order chi connectivity index (χ0) is 35.7. The maximum absolute atomic E-state index is 13.8. The fourth-order valence-corrected chi connectivity index (χ4v) is 7.25. The Hall–Kier alpha value is -4.90. The lowest BCUT2D eigenvalue weighted by atomic mass is 10.1. The summed E-state index contributed by atoms with van der Waals surface area (Å²) in [7, 11) is 0. The van der Waals surface area contributed by atoms with Gasteiger partial charge in [0.1, 0.15) is 10.9 Å². The molecule has 12 heteroatoms. The van der Waals surface area contributed by atoms with Crippen LogP contribution in [0.5, 0.6) is 0 Å². The molecule has 0 aliphatic heterocycles. The van der Waals surface area contributed by atoms with E-state index in [1.54, 1.807) is 78.9 Å². The van der Waals surface area contributed by atoms with Gasteiger partial charge in [-0.1, -0.05) is 108 Å². The molecular formula is C39H27Cl3N4O3S2. The first-order valence-electron chi connectivity index (χ1n) is 15.4. The molecule has 1 aromatic heterocycles. The van der Waals surface area contributed by atoms with Gasteiger partial charge in [0, 0.05) is 42.2 Å². The Morgan fingerprint density at radius 3 is 2.18 bits per heavy atom. The van der Waals surface area contributed by atoms with Crippen molar-refractivity contribution in [2.24, 2.45) is 0 Å². The highest BCUT2D eigenvalue weighted by atomic mass is 35.5. The predicted octanol–water partition coefficient (Wildman–Crippen LogP) is 10.7. The van der Waals surface area contributed by atoms with Crippen LogP contribution in [0.3, 0.4) is 0 Å². The van der Waals surface area contributed by atoms with Crippen molar-refractivity contribution in [2.45, 2.75) is 10.1 Å². The molecule has 0 bridgehead atoms.